The van der Waals surface area contributed by atoms with Crippen molar-refractivity contribution in [1.82, 2.24) is 14.7 Å². The van der Waals surface area contributed by atoms with Crippen LogP contribution in [0.2, 0.25) is 0 Å². The van der Waals surface area contributed by atoms with Gasteiger partial charge in [-0.25, -0.2) is 4.68 Å². The Balaban J connectivity index is 1.74. The molecule has 3 rings (SSSR count). The summed E-state index contributed by atoms with van der Waals surface area (Å²) >= 11 is 0. The largest absolute Gasteiger partial charge is 0.299 e. The van der Waals surface area contributed by atoms with Crippen LogP contribution in [0.15, 0.2) is 42.7 Å². The van der Waals surface area contributed by atoms with Crippen molar-refractivity contribution in [1.29, 1.82) is 0 Å². The Morgan fingerprint density at radius 3 is 2.59 bits per heavy atom. The average Bonchev–Trinajstić information content (AvgIpc) is 3.02. The topological polar surface area (TPSA) is 21.1 Å². The minimum atomic E-state index is 1.03. The first-order valence-corrected chi connectivity index (χ1v) is 6.23. The van der Waals surface area contributed by atoms with Gasteiger partial charge in [0.15, 0.2) is 0 Å². The van der Waals surface area contributed by atoms with E-state index in [1.807, 2.05) is 29.1 Å². The van der Waals surface area contributed by atoms with E-state index >= 15 is 0 Å². The summed E-state index contributed by atoms with van der Waals surface area (Å²) in [6.07, 6.45) is 6.79. The van der Waals surface area contributed by atoms with Gasteiger partial charge in [-0.05, 0) is 38.1 Å². The highest BCUT2D eigenvalue weighted by atomic mass is 15.3. The van der Waals surface area contributed by atoms with Gasteiger partial charge in [-0.15, -0.1) is 0 Å². The highest BCUT2D eigenvalue weighted by Gasteiger charge is 2.12. The molecule has 0 atom stereocenters. The maximum Gasteiger partial charge on any atom is 0.0645 e. The van der Waals surface area contributed by atoms with Crippen LogP contribution in [0.3, 0.4) is 0 Å². The third kappa shape index (κ3) is 2.39. The molecule has 3 heteroatoms. The molecule has 17 heavy (non-hydrogen) atoms. The number of para-hydroxylation sites is 1. The molecule has 0 amide bonds. The van der Waals surface area contributed by atoms with Crippen LogP contribution in [0.25, 0.3) is 5.69 Å². The van der Waals surface area contributed by atoms with Gasteiger partial charge in [0.2, 0.25) is 0 Å². The predicted molar refractivity (Wildman–Crippen MR) is 68.1 cm³/mol. The van der Waals surface area contributed by atoms with Gasteiger partial charge in [0, 0.05) is 18.3 Å². The Morgan fingerprint density at radius 1 is 1.06 bits per heavy atom. The zero-order valence-corrected chi connectivity index (χ0v) is 9.92. The van der Waals surface area contributed by atoms with Crippen LogP contribution in [-0.4, -0.2) is 27.8 Å². The van der Waals surface area contributed by atoms with Crippen LogP contribution >= 0.6 is 0 Å². The van der Waals surface area contributed by atoms with Crippen molar-refractivity contribution < 1.29 is 0 Å². The molecule has 0 N–H and O–H groups in total. The zero-order chi connectivity index (χ0) is 11.5. The lowest BCUT2D eigenvalue weighted by atomic mass is 10.3. The van der Waals surface area contributed by atoms with Crippen molar-refractivity contribution >= 4 is 0 Å². The van der Waals surface area contributed by atoms with E-state index in [1.54, 1.807) is 0 Å². The third-order valence-electron chi connectivity index (χ3n) is 3.26. The molecule has 0 radical (unpaired) electrons. The van der Waals surface area contributed by atoms with E-state index in [1.165, 1.54) is 31.5 Å². The fraction of sp³-hybridized carbons (Fsp3) is 0.357. The first-order valence-electron chi connectivity index (χ1n) is 6.23. The maximum absolute atomic E-state index is 4.42. The molecule has 0 spiro atoms. The Bertz CT molecular complexity index is 469. The minimum absolute atomic E-state index is 1.03. The van der Waals surface area contributed by atoms with E-state index in [9.17, 15) is 0 Å². The van der Waals surface area contributed by atoms with E-state index in [2.05, 4.69) is 28.3 Å². The van der Waals surface area contributed by atoms with E-state index in [4.69, 9.17) is 0 Å². The van der Waals surface area contributed by atoms with Gasteiger partial charge in [-0.3, -0.25) is 4.90 Å². The van der Waals surface area contributed by atoms with Crippen molar-refractivity contribution in [3.8, 4) is 5.69 Å². The number of nitrogens with zero attached hydrogens (tertiary/aromatic N) is 3. The fourth-order valence-electron chi connectivity index (χ4n) is 2.36. The quantitative estimate of drug-likeness (QED) is 0.803. The number of aromatic nitrogens is 2. The van der Waals surface area contributed by atoms with Crippen molar-refractivity contribution in [3.05, 3.63) is 48.3 Å². The number of benzene rings is 1. The van der Waals surface area contributed by atoms with Crippen LogP contribution in [0.4, 0.5) is 0 Å². The molecule has 1 saturated heterocycles. The van der Waals surface area contributed by atoms with Crippen LogP contribution in [0.1, 0.15) is 18.4 Å². The molecule has 0 saturated carbocycles. The predicted octanol–water partition coefficient (Wildman–Crippen LogP) is 2.47. The molecule has 1 aromatic carbocycles. The lowest BCUT2D eigenvalue weighted by Gasteiger charge is -2.12. The fourth-order valence-corrected chi connectivity index (χ4v) is 2.36. The number of hydrogen-bond acceptors (Lipinski definition) is 2. The van der Waals surface area contributed by atoms with Crippen molar-refractivity contribution in [2.24, 2.45) is 0 Å². The molecule has 1 fully saturated rings. The van der Waals surface area contributed by atoms with Crippen LogP contribution < -0.4 is 0 Å². The van der Waals surface area contributed by atoms with Gasteiger partial charge in [0.25, 0.3) is 0 Å². The van der Waals surface area contributed by atoms with Crippen LogP contribution in [0.5, 0.6) is 0 Å². The van der Waals surface area contributed by atoms with Crippen molar-refractivity contribution in [3.63, 3.8) is 0 Å². The molecule has 88 valence electrons. The summed E-state index contributed by atoms with van der Waals surface area (Å²) in [5.74, 6) is 0. The second-order valence-electron chi connectivity index (χ2n) is 4.61. The van der Waals surface area contributed by atoms with Crippen LogP contribution in [-0.2, 0) is 6.54 Å². The Morgan fingerprint density at radius 2 is 1.82 bits per heavy atom. The summed E-state index contributed by atoms with van der Waals surface area (Å²) < 4.78 is 1.95. The van der Waals surface area contributed by atoms with Crippen molar-refractivity contribution in [2.45, 2.75) is 19.4 Å². The number of hydrogen-bond donors (Lipinski definition) is 0. The Labute approximate surface area is 102 Å². The van der Waals surface area contributed by atoms with Crippen LogP contribution in [0, 0.1) is 0 Å². The molecule has 2 heterocycles. The normalized spacial score (nSPS) is 16.5. The minimum Gasteiger partial charge on any atom is -0.299 e. The summed E-state index contributed by atoms with van der Waals surface area (Å²) in [7, 11) is 0. The second-order valence-corrected chi connectivity index (χ2v) is 4.61. The monoisotopic (exact) mass is 227 g/mol. The second kappa shape index (κ2) is 4.72. The van der Waals surface area contributed by atoms with E-state index in [0.29, 0.717) is 0 Å². The molecule has 2 aromatic rings. The first-order chi connectivity index (χ1) is 8.42. The lowest BCUT2D eigenvalue weighted by molar-refractivity contribution is 0.331. The summed E-state index contributed by atoms with van der Waals surface area (Å²) in [5, 5.41) is 4.42. The molecular formula is C14H17N3. The summed E-state index contributed by atoms with van der Waals surface area (Å²) in [6.45, 7) is 3.50. The third-order valence-corrected chi connectivity index (χ3v) is 3.26. The van der Waals surface area contributed by atoms with Crippen molar-refractivity contribution in [2.75, 3.05) is 13.1 Å². The van der Waals surface area contributed by atoms with Gasteiger partial charge in [0.1, 0.15) is 0 Å². The van der Waals surface area contributed by atoms with Gasteiger partial charge in [0.05, 0.1) is 11.9 Å². The average molecular weight is 227 g/mol. The number of likely N-dealkylation sites (tertiary alicyclic amines) is 1. The van der Waals surface area contributed by atoms with E-state index < -0.39 is 0 Å². The molecule has 0 bridgehead atoms. The molecule has 0 unspecified atom stereocenters. The summed E-state index contributed by atoms with van der Waals surface area (Å²) in [5.41, 5.74) is 2.43. The van der Waals surface area contributed by atoms with Gasteiger partial charge in [-0.1, -0.05) is 18.2 Å². The highest BCUT2D eigenvalue weighted by molar-refractivity contribution is 5.30. The lowest BCUT2D eigenvalue weighted by Crippen LogP contribution is -2.17. The zero-order valence-electron chi connectivity index (χ0n) is 9.92. The molecule has 0 aliphatic carbocycles. The van der Waals surface area contributed by atoms with Gasteiger partial charge in [-0.2, -0.15) is 5.10 Å². The molecule has 1 aromatic heterocycles. The SMILES string of the molecule is c1ccc(-n2cc(CN3CCCC3)cn2)cc1. The summed E-state index contributed by atoms with van der Waals surface area (Å²) in [4.78, 5) is 2.49. The Hall–Kier alpha value is -1.61. The molecular weight excluding hydrogens is 210 g/mol. The smallest absolute Gasteiger partial charge is 0.0645 e. The standard InChI is InChI=1S/C14H17N3/c1-2-6-14(7-3-1)17-12-13(10-15-17)11-16-8-4-5-9-16/h1-3,6-7,10,12H,4-5,8-9,11H2. The van der Waals surface area contributed by atoms with Gasteiger partial charge >= 0.3 is 0 Å². The maximum atomic E-state index is 4.42. The molecule has 1 aliphatic heterocycles. The molecule has 3 nitrogen and oxygen atoms in total. The Kier molecular flexibility index (Phi) is 2.92. The van der Waals surface area contributed by atoms with E-state index in [-0.39, 0.29) is 0 Å². The summed E-state index contributed by atoms with van der Waals surface area (Å²) in [6, 6.07) is 10.3. The van der Waals surface area contributed by atoms with Gasteiger partial charge < -0.3 is 0 Å². The van der Waals surface area contributed by atoms with E-state index in [0.717, 1.165) is 12.2 Å². The highest BCUT2D eigenvalue weighted by Crippen LogP contribution is 2.13. The number of rotatable bonds is 3. The molecule has 1 aliphatic rings. The first kappa shape index (κ1) is 10.5.